The Morgan fingerprint density at radius 1 is 1.15 bits per heavy atom. The fourth-order valence-corrected chi connectivity index (χ4v) is 6.05. The third-order valence-corrected chi connectivity index (χ3v) is 7.92. The number of nitrogens with one attached hydrogen (secondary N) is 1. The molecule has 1 aromatic rings. The van der Waals surface area contributed by atoms with Crippen LogP contribution in [0.3, 0.4) is 0 Å². The van der Waals surface area contributed by atoms with E-state index in [0.29, 0.717) is 36.5 Å². The molecule has 2 saturated heterocycles. The molecule has 8 heteroatoms. The number of ether oxygens (including phenoxy) is 4. The summed E-state index contributed by atoms with van der Waals surface area (Å²) in [6.45, 7) is 8.73. The van der Waals surface area contributed by atoms with Gasteiger partial charge in [0.1, 0.15) is 6.10 Å². The summed E-state index contributed by atoms with van der Waals surface area (Å²) >= 11 is 0. The van der Waals surface area contributed by atoms with E-state index in [9.17, 15) is 15.8 Å². The van der Waals surface area contributed by atoms with Gasteiger partial charge in [0.15, 0.2) is 16.9 Å². The fourth-order valence-electron chi connectivity index (χ4n) is 6.05. The molecule has 0 amide bonds. The molecular weight excluding hydrogens is 432 g/mol. The van der Waals surface area contributed by atoms with Gasteiger partial charge in [-0.05, 0) is 48.8 Å². The molecule has 2 bridgehead atoms. The van der Waals surface area contributed by atoms with Crippen molar-refractivity contribution in [3.05, 3.63) is 23.8 Å². The molecule has 5 atom stereocenters. The third kappa shape index (κ3) is 2.93. The van der Waals surface area contributed by atoms with Crippen LogP contribution >= 0.6 is 0 Å². The Labute approximate surface area is 200 Å². The van der Waals surface area contributed by atoms with E-state index in [2.05, 4.69) is 39.0 Å². The highest BCUT2D eigenvalue weighted by Crippen LogP contribution is 2.70. The van der Waals surface area contributed by atoms with Gasteiger partial charge in [-0.25, -0.2) is 0 Å². The van der Waals surface area contributed by atoms with Gasteiger partial charge in [0.2, 0.25) is 17.1 Å². The number of nitrogens with zero attached hydrogens (tertiary/aromatic N) is 3. The van der Waals surface area contributed by atoms with E-state index in [1.807, 2.05) is 6.92 Å². The fraction of sp³-hybridized carbons (Fsp3) is 0.615. The number of rotatable bonds is 4. The molecular formula is C26H30N4O4. The second-order valence-corrected chi connectivity index (χ2v) is 10.4. The quantitative estimate of drug-likeness (QED) is 0.674. The highest BCUT2D eigenvalue weighted by Gasteiger charge is 2.81. The SMILES string of the molecule is CCOc1ccc(C2OC34CCC(C(C)(C)C)CC3C(C#N)(C(=N)O4)C2(C#N)C#N)cc1OC. The van der Waals surface area contributed by atoms with E-state index >= 15 is 0 Å². The minimum Gasteiger partial charge on any atom is -0.493 e. The van der Waals surface area contributed by atoms with Crippen molar-refractivity contribution in [2.24, 2.45) is 28.1 Å². The smallest absolute Gasteiger partial charge is 0.217 e. The van der Waals surface area contributed by atoms with Gasteiger partial charge in [-0.15, -0.1) is 0 Å². The summed E-state index contributed by atoms with van der Waals surface area (Å²) in [6, 6.07) is 11.6. The van der Waals surface area contributed by atoms with Crippen molar-refractivity contribution in [2.45, 2.75) is 58.8 Å². The van der Waals surface area contributed by atoms with Gasteiger partial charge in [0.05, 0.1) is 37.8 Å². The number of hydrogen-bond donors (Lipinski definition) is 1. The summed E-state index contributed by atoms with van der Waals surface area (Å²) in [4.78, 5) is 0. The van der Waals surface area contributed by atoms with Crippen LogP contribution in [0.25, 0.3) is 0 Å². The Hall–Kier alpha value is -3.28. The van der Waals surface area contributed by atoms with Crippen LogP contribution in [-0.2, 0) is 9.47 Å². The van der Waals surface area contributed by atoms with Crippen molar-refractivity contribution in [2.75, 3.05) is 13.7 Å². The Bertz CT molecular complexity index is 1120. The van der Waals surface area contributed by atoms with Gasteiger partial charge in [0, 0.05) is 6.42 Å². The largest absolute Gasteiger partial charge is 0.493 e. The van der Waals surface area contributed by atoms with Crippen LogP contribution in [0, 0.1) is 67.5 Å². The molecule has 4 rings (SSSR count). The van der Waals surface area contributed by atoms with Crippen LogP contribution in [0.5, 0.6) is 11.5 Å². The van der Waals surface area contributed by atoms with E-state index in [4.69, 9.17) is 24.4 Å². The van der Waals surface area contributed by atoms with Crippen LogP contribution in [0.4, 0.5) is 0 Å². The Balaban J connectivity index is 1.91. The second-order valence-electron chi connectivity index (χ2n) is 10.4. The molecule has 1 N–H and O–H groups in total. The zero-order valence-corrected chi connectivity index (χ0v) is 20.3. The normalized spacial score (nSPS) is 33.5. The molecule has 0 spiro atoms. The van der Waals surface area contributed by atoms with Crippen molar-refractivity contribution in [1.82, 2.24) is 0 Å². The first-order valence-corrected chi connectivity index (χ1v) is 11.6. The summed E-state index contributed by atoms with van der Waals surface area (Å²) in [6.07, 6.45) is 0.685. The average molecular weight is 463 g/mol. The minimum absolute atomic E-state index is 0.0405. The Morgan fingerprint density at radius 2 is 1.85 bits per heavy atom. The lowest BCUT2D eigenvalue weighted by Crippen LogP contribution is -2.61. The third-order valence-electron chi connectivity index (χ3n) is 7.92. The molecule has 3 fully saturated rings. The van der Waals surface area contributed by atoms with Crippen molar-refractivity contribution >= 4 is 5.90 Å². The molecule has 2 aliphatic heterocycles. The van der Waals surface area contributed by atoms with E-state index in [-0.39, 0.29) is 17.2 Å². The number of methoxy groups -OCH3 is 1. The van der Waals surface area contributed by atoms with Gasteiger partial charge < -0.3 is 18.9 Å². The van der Waals surface area contributed by atoms with E-state index < -0.39 is 28.6 Å². The predicted octanol–water partition coefficient (Wildman–Crippen LogP) is 4.87. The van der Waals surface area contributed by atoms with Crippen LogP contribution in [-0.4, -0.2) is 25.4 Å². The van der Waals surface area contributed by atoms with E-state index in [0.717, 1.165) is 6.42 Å². The van der Waals surface area contributed by atoms with Gasteiger partial charge in [-0.1, -0.05) is 26.8 Å². The molecule has 2 heterocycles. The van der Waals surface area contributed by atoms with Crippen molar-refractivity contribution in [3.63, 3.8) is 0 Å². The predicted molar refractivity (Wildman–Crippen MR) is 122 cm³/mol. The van der Waals surface area contributed by atoms with Crippen molar-refractivity contribution in [3.8, 4) is 29.7 Å². The maximum atomic E-state index is 10.6. The van der Waals surface area contributed by atoms with E-state index in [1.165, 1.54) is 7.11 Å². The average Bonchev–Trinajstić information content (AvgIpc) is 3.02. The summed E-state index contributed by atoms with van der Waals surface area (Å²) in [5, 5.41) is 40.3. The molecule has 1 aromatic carbocycles. The van der Waals surface area contributed by atoms with Gasteiger partial charge in [-0.2, -0.15) is 15.8 Å². The maximum absolute atomic E-state index is 10.6. The van der Waals surface area contributed by atoms with Crippen LogP contribution in [0.2, 0.25) is 0 Å². The lowest BCUT2D eigenvalue weighted by Gasteiger charge is -2.54. The molecule has 5 unspecified atom stereocenters. The Kier molecular flexibility index (Phi) is 5.54. The lowest BCUT2D eigenvalue weighted by molar-refractivity contribution is -0.301. The van der Waals surface area contributed by atoms with Gasteiger partial charge >= 0.3 is 0 Å². The summed E-state index contributed by atoms with van der Waals surface area (Å²) in [5.41, 5.74) is -3.28. The molecule has 3 aliphatic rings. The number of nitriles is 3. The lowest BCUT2D eigenvalue weighted by atomic mass is 9.49. The zero-order valence-electron chi connectivity index (χ0n) is 20.3. The zero-order chi connectivity index (χ0) is 24.9. The van der Waals surface area contributed by atoms with Crippen molar-refractivity contribution in [1.29, 1.82) is 21.2 Å². The van der Waals surface area contributed by atoms with Crippen LogP contribution in [0.1, 0.15) is 58.6 Å². The summed E-state index contributed by atoms with van der Waals surface area (Å²) in [5.74, 6) is -1.00. The van der Waals surface area contributed by atoms with Crippen LogP contribution in [0.15, 0.2) is 18.2 Å². The summed E-state index contributed by atoms with van der Waals surface area (Å²) in [7, 11) is 1.51. The number of benzene rings is 1. The molecule has 0 aromatic heterocycles. The number of hydrogen-bond acceptors (Lipinski definition) is 8. The molecule has 178 valence electrons. The second kappa shape index (κ2) is 7.90. The molecule has 34 heavy (non-hydrogen) atoms. The molecule has 0 radical (unpaired) electrons. The van der Waals surface area contributed by atoms with Crippen LogP contribution < -0.4 is 9.47 Å². The molecule has 8 nitrogen and oxygen atoms in total. The monoisotopic (exact) mass is 462 g/mol. The highest BCUT2D eigenvalue weighted by molar-refractivity contribution is 5.89. The first kappa shape index (κ1) is 23.9. The highest BCUT2D eigenvalue weighted by atomic mass is 16.7. The van der Waals surface area contributed by atoms with Gasteiger partial charge in [0.25, 0.3) is 0 Å². The molecule has 1 aliphatic carbocycles. The summed E-state index contributed by atoms with van der Waals surface area (Å²) < 4.78 is 23.7. The topological polar surface area (TPSA) is 132 Å². The minimum atomic E-state index is -1.98. The first-order chi connectivity index (χ1) is 16.1. The van der Waals surface area contributed by atoms with Crippen molar-refractivity contribution < 1.29 is 18.9 Å². The van der Waals surface area contributed by atoms with Gasteiger partial charge in [-0.3, -0.25) is 5.41 Å². The first-order valence-electron chi connectivity index (χ1n) is 11.6. The maximum Gasteiger partial charge on any atom is 0.217 e. The van der Waals surface area contributed by atoms with E-state index in [1.54, 1.807) is 18.2 Å². The Morgan fingerprint density at radius 3 is 2.41 bits per heavy atom. The molecule has 1 saturated carbocycles. The standard InChI is InChI=1S/C26H30N4O4/c1-6-32-18-8-7-16(11-19(18)31-5)21-24(13-27,14-28)25(15-29)20-12-17(23(2,3)4)9-10-26(20,33-21)34-22(25)30/h7-8,11,17,20-21,30H,6,9-10,12H2,1-5H3.